The molecule has 66 valence electrons. The van der Waals surface area contributed by atoms with Crippen molar-refractivity contribution in [2.45, 2.75) is 0 Å². The monoisotopic (exact) mass is 193 g/mol. The summed E-state index contributed by atoms with van der Waals surface area (Å²) in [6.45, 7) is 0. The SMILES string of the molecule is [B]c1c([B])c2c(c([B])c1O)C(=O)NC2=O. The van der Waals surface area contributed by atoms with E-state index in [1.54, 1.807) is 0 Å². The number of phenols is 1. The normalized spacial score (nSPS) is 13.9. The third-order valence-corrected chi connectivity index (χ3v) is 2.27. The van der Waals surface area contributed by atoms with Gasteiger partial charge in [-0.2, -0.15) is 0 Å². The molecule has 2 rings (SSSR count). The van der Waals surface area contributed by atoms with Crippen molar-refractivity contribution in [1.29, 1.82) is 0 Å². The highest BCUT2D eigenvalue weighted by Gasteiger charge is 2.31. The Kier molecular flexibility index (Phi) is 1.93. The lowest BCUT2D eigenvalue weighted by molar-refractivity contribution is 0.0880. The van der Waals surface area contributed by atoms with Crippen LogP contribution in [-0.4, -0.2) is 40.5 Å². The summed E-state index contributed by atoms with van der Waals surface area (Å²) < 4.78 is 0. The molecule has 1 heterocycles. The average Bonchev–Trinajstić information content (AvgIpc) is 2.47. The second-order valence-electron chi connectivity index (χ2n) is 3.12. The van der Waals surface area contributed by atoms with Gasteiger partial charge in [-0.3, -0.25) is 14.9 Å². The molecule has 1 aliphatic rings. The van der Waals surface area contributed by atoms with Gasteiger partial charge in [-0.15, -0.1) is 0 Å². The Hall–Kier alpha value is -1.65. The molecule has 2 N–H and O–H groups in total. The van der Waals surface area contributed by atoms with E-state index in [1.165, 1.54) is 0 Å². The summed E-state index contributed by atoms with van der Waals surface area (Å²) in [6.07, 6.45) is 0. The largest absolute Gasteiger partial charge is 0.509 e. The summed E-state index contributed by atoms with van der Waals surface area (Å²) in [4.78, 5) is 22.6. The lowest BCUT2D eigenvalue weighted by Gasteiger charge is -2.12. The maximum atomic E-state index is 11.3. The number of hydrogen-bond acceptors (Lipinski definition) is 3. The molecule has 0 fully saturated rings. The maximum Gasteiger partial charge on any atom is 0.258 e. The molecular formula is C8H2B3NO3. The quantitative estimate of drug-likeness (QED) is 0.334. The van der Waals surface area contributed by atoms with Crippen molar-refractivity contribution in [3.05, 3.63) is 11.1 Å². The Balaban J connectivity index is 2.92. The van der Waals surface area contributed by atoms with E-state index in [0.717, 1.165) is 0 Å². The van der Waals surface area contributed by atoms with Crippen LogP contribution in [0.15, 0.2) is 0 Å². The van der Waals surface area contributed by atoms with E-state index in [2.05, 4.69) is 0 Å². The Morgan fingerprint density at radius 3 is 1.87 bits per heavy atom. The summed E-state index contributed by atoms with van der Waals surface area (Å²) in [5.41, 5.74) is -0.770. The van der Waals surface area contributed by atoms with Crippen molar-refractivity contribution in [3.8, 4) is 5.75 Å². The number of carbonyl (C=O) groups excluding carboxylic acids is 2. The van der Waals surface area contributed by atoms with E-state index in [-0.39, 0.29) is 27.5 Å². The van der Waals surface area contributed by atoms with E-state index >= 15 is 0 Å². The van der Waals surface area contributed by atoms with Gasteiger partial charge in [0.2, 0.25) is 0 Å². The molecule has 4 nitrogen and oxygen atoms in total. The van der Waals surface area contributed by atoms with Gasteiger partial charge in [-0.25, -0.2) is 0 Å². The first-order valence-corrected chi connectivity index (χ1v) is 4.00. The predicted molar refractivity (Wildman–Crippen MR) is 56.1 cm³/mol. The number of phenolic OH excluding ortho intramolecular Hbond substituents is 1. The number of fused-ring (bicyclic) bond motifs is 1. The first-order chi connectivity index (χ1) is 6.95. The minimum atomic E-state index is -0.686. The van der Waals surface area contributed by atoms with Crippen molar-refractivity contribution in [2.75, 3.05) is 0 Å². The smallest absolute Gasteiger partial charge is 0.258 e. The van der Waals surface area contributed by atoms with Crippen LogP contribution in [0, 0.1) is 0 Å². The molecule has 1 aliphatic heterocycles. The van der Waals surface area contributed by atoms with Crippen LogP contribution in [-0.2, 0) is 0 Å². The molecule has 6 radical (unpaired) electrons. The molecular weight excluding hydrogens is 191 g/mol. The lowest BCUT2D eigenvalue weighted by atomic mass is 9.71. The molecule has 0 spiro atoms. The van der Waals surface area contributed by atoms with Crippen molar-refractivity contribution in [3.63, 3.8) is 0 Å². The molecule has 0 unspecified atom stereocenters. The van der Waals surface area contributed by atoms with Gasteiger partial charge >= 0.3 is 0 Å². The molecule has 0 bridgehead atoms. The number of imide groups is 1. The van der Waals surface area contributed by atoms with E-state index in [1.807, 2.05) is 5.32 Å². The Morgan fingerprint density at radius 2 is 1.33 bits per heavy atom. The molecule has 7 heteroatoms. The molecule has 0 atom stereocenters. The fourth-order valence-corrected chi connectivity index (χ4v) is 1.49. The highest BCUT2D eigenvalue weighted by Crippen LogP contribution is 2.13. The fraction of sp³-hybridized carbons (Fsp3) is 0. The zero-order valence-corrected chi connectivity index (χ0v) is 7.50. The summed E-state index contributed by atoms with van der Waals surface area (Å²) in [5, 5.41) is 11.4. The highest BCUT2D eigenvalue weighted by molar-refractivity contribution is 6.57. The minimum absolute atomic E-state index is 0.0761. The van der Waals surface area contributed by atoms with Gasteiger partial charge in [0.1, 0.15) is 29.3 Å². The molecule has 15 heavy (non-hydrogen) atoms. The van der Waals surface area contributed by atoms with Gasteiger partial charge in [0.25, 0.3) is 11.8 Å². The van der Waals surface area contributed by atoms with Crippen molar-refractivity contribution in [1.82, 2.24) is 5.32 Å². The second-order valence-corrected chi connectivity index (χ2v) is 3.12. The highest BCUT2D eigenvalue weighted by atomic mass is 16.3. The number of amides is 2. The molecule has 2 amide bonds. The first-order valence-electron chi connectivity index (χ1n) is 4.00. The maximum absolute atomic E-state index is 11.3. The van der Waals surface area contributed by atoms with Crippen LogP contribution in [0.3, 0.4) is 0 Å². The molecule has 0 aliphatic carbocycles. The number of aromatic hydroxyl groups is 1. The van der Waals surface area contributed by atoms with Gasteiger partial charge in [-0.05, 0) is 5.46 Å². The zero-order chi connectivity index (χ0) is 11.3. The predicted octanol–water partition coefficient (Wildman–Crippen LogP) is -3.34. The van der Waals surface area contributed by atoms with Crippen molar-refractivity contribution >= 4 is 51.7 Å². The standard InChI is InChI=1S/C8H2B3NO3/c9-3-1-2(8(15)12-7(1)14)4(10)6(13)5(3)11/h13H,(H,12,14,15). The number of hydrogen-bond donors (Lipinski definition) is 2. The number of benzene rings is 1. The van der Waals surface area contributed by atoms with Gasteiger partial charge in [-0.1, -0.05) is 10.9 Å². The summed E-state index contributed by atoms with van der Waals surface area (Å²) in [5.74, 6) is -1.82. The van der Waals surface area contributed by atoms with Crippen LogP contribution in [0.25, 0.3) is 0 Å². The van der Waals surface area contributed by atoms with E-state index < -0.39 is 17.6 Å². The number of carbonyl (C=O) groups is 2. The zero-order valence-electron chi connectivity index (χ0n) is 7.50. The summed E-state index contributed by atoms with van der Waals surface area (Å²) >= 11 is 0. The average molecular weight is 193 g/mol. The second kappa shape index (κ2) is 2.92. The Morgan fingerprint density at radius 1 is 0.867 bits per heavy atom. The Labute approximate surface area is 89.3 Å². The van der Waals surface area contributed by atoms with Crippen LogP contribution in [0.4, 0.5) is 0 Å². The first kappa shape index (κ1) is 9.89. The van der Waals surface area contributed by atoms with Crippen molar-refractivity contribution < 1.29 is 14.7 Å². The van der Waals surface area contributed by atoms with Crippen LogP contribution >= 0.6 is 0 Å². The number of rotatable bonds is 0. The van der Waals surface area contributed by atoms with E-state index in [0.29, 0.717) is 0 Å². The van der Waals surface area contributed by atoms with E-state index in [9.17, 15) is 14.7 Å². The van der Waals surface area contributed by atoms with Crippen molar-refractivity contribution in [2.24, 2.45) is 0 Å². The van der Waals surface area contributed by atoms with Gasteiger partial charge < -0.3 is 5.11 Å². The molecule has 1 aromatic rings. The van der Waals surface area contributed by atoms with Crippen LogP contribution in [0.2, 0.25) is 0 Å². The van der Waals surface area contributed by atoms with Crippen LogP contribution in [0.1, 0.15) is 20.7 Å². The molecule has 0 aromatic heterocycles. The topological polar surface area (TPSA) is 66.4 Å². The Bertz CT molecular complexity index is 468. The van der Waals surface area contributed by atoms with Gasteiger partial charge in [0.15, 0.2) is 0 Å². The lowest BCUT2D eigenvalue weighted by Crippen LogP contribution is -2.36. The minimum Gasteiger partial charge on any atom is -0.509 e. The molecule has 0 saturated carbocycles. The third kappa shape index (κ3) is 1.12. The fourth-order valence-electron chi connectivity index (χ4n) is 1.49. The van der Waals surface area contributed by atoms with Crippen LogP contribution in [0.5, 0.6) is 5.75 Å². The van der Waals surface area contributed by atoms with Crippen LogP contribution < -0.4 is 21.7 Å². The van der Waals surface area contributed by atoms with Gasteiger partial charge in [0, 0.05) is 11.1 Å². The van der Waals surface area contributed by atoms with Gasteiger partial charge in [0.05, 0.1) is 0 Å². The molecule has 1 aromatic carbocycles. The summed E-state index contributed by atoms with van der Waals surface area (Å²) in [7, 11) is 16.4. The molecule has 0 saturated heterocycles. The number of nitrogens with one attached hydrogen (secondary N) is 1. The van der Waals surface area contributed by atoms with E-state index in [4.69, 9.17) is 23.5 Å². The third-order valence-electron chi connectivity index (χ3n) is 2.27. The summed E-state index contributed by atoms with van der Waals surface area (Å²) in [6, 6.07) is 0.